The molecule has 0 atom stereocenters. The lowest BCUT2D eigenvalue weighted by Gasteiger charge is -2.06. The second kappa shape index (κ2) is 5.79. The van der Waals surface area contributed by atoms with E-state index >= 15 is 0 Å². The molecule has 0 aromatic carbocycles. The maximum atomic E-state index is 10.9. The van der Waals surface area contributed by atoms with E-state index < -0.39 is 4.92 Å². The number of nitro groups is 1. The van der Waals surface area contributed by atoms with Crippen molar-refractivity contribution in [3.8, 4) is 5.75 Å². The highest BCUT2D eigenvalue weighted by Gasteiger charge is 2.18. The lowest BCUT2D eigenvalue weighted by molar-refractivity contribution is -0.390. The third kappa shape index (κ3) is 3.39. The molecule has 20 heavy (non-hydrogen) atoms. The lowest BCUT2D eigenvalue weighted by Crippen LogP contribution is -2.05. The fourth-order valence-electron chi connectivity index (χ4n) is 1.57. The van der Waals surface area contributed by atoms with E-state index in [1.807, 2.05) is 0 Å². The summed E-state index contributed by atoms with van der Waals surface area (Å²) in [4.78, 5) is 22.3. The number of pyridine rings is 1. The van der Waals surface area contributed by atoms with Gasteiger partial charge in [0.25, 0.3) is 0 Å². The molecule has 0 saturated heterocycles. The minimum Gasteiger partial charge on any atom is -0.477 e. The summed E-state index contributed by atoms with van der Waals surface area (Å²) in [6.45, 7) is 3.42. The SMILES string of the molecule is Cc1cc(Cl)nc(COc2ccc(C)nc2[N+](=O)[O-])n1. The topological polar surface area (TPSA) is 91.0 Å². The van der Waals surface area contributed by atoms with Crippen molar-refractivity contribution in [2.24, 2.45) is 0 Å². The van der Waals surface area contributed by atoms with Gasteiger partial charge in [-0.05, 0) is 35.0 Å². The van der Waals surface area contributed by atoms with Gasteiger partial charge in [0.1, 0.15) is 17.5 Å². The van der Waals surface area contributed by atoms with Gasteiger partial charge in [0.05, 0.1) is 0 Å². The highest BCUT2D eigenvalue weighted by molar-refractivity contribution is 6.29. The van der Waals surface area contributed by atoms with Crippen molar-refractivity contribution in [3.05, 3.63) is 50.7 Å². The van der Waals surface area contributed by atoms with Gasteiger partial charge in [0, 0.05) is 12.6 Å². The molecule has 0 amide bonds. The molecular weight excluding hydrogens is 284 g/mol. The normalized spacial score (nSPS) is 10.3. The second-order valence-corrected chi connectivity index (χ2v) is 4.46. The maximum Gasteiger partial charge on any atom is 0.406 e. The Hall–Kier alpha value is -2.28. The molecule has 0 aliphatic rings. The van der Waals surface area contributed by atoms with Crippen LogP contribution in [0.3, 0.4) is 0 Å². The Labute approximate surface area is 119 Å². The summed E-state index contributed by atoms with van der Waals surface area (Å²) in [5.41, 5.74) is 1.24. The Kier molecular flexibility index (Phi) is 4.09. The van der Waals surface area contributed by atoms with Crippen LogP contribution < -0.4 is 4.74 Å². The predicted octanol–water partition coefficient (Wildman–Crippen LogP) is 2.63. The van der Waals surface area contributed by atoms with Crippen molar-refractivity contribution in [3.63, 3.8) is 0 Å². The summed E-state index contributed by atoms with van der Waals surface area (Å²) >= 11 is 5.81. The number of hydrogen-bond donors (Lipinski definition) is 0. The van der Waals surface area contributed by atoms with Gasteiger partial charge in [-0.1, -0.05) is 11.6 Å². The maximum absolute atomic E-state index is 10.9. The summed E-state index contributed by atoms with van der Waals surface area (Å²) in [5, 5.41) is 11.2. The van der Waals surface area contributed by atoms with Crippen LogP contribution in [0.2, 0.25) is 5.15 Å². The van der Waals surface area contributed by atoms with Gasteiger partial charge >= 0.3 is 5.82 Å². The van der Waals surface area contributed by atoms with Crippen molar-refractivity contribution in [2.75, 3.05) is 0 Å². The van der Waals surface area contributed by atoms with Crippen LogP contribution in [0.1, 0.15) is 17.2 Å². The van der Waals surface area contributed by atoms with Gasteiger partial charge < -0.3 is 14.9 Å². The summed E-state index contributed by atoms with van der Waals surface area (Å²) in [7, 11) is 0. The average molecular weight is 295 g/mol. The number of nitrogens with zero attached hydrogens (tertiary/aromatic N) is 4. The van der Waals surface area contributed by atoms with Crippen LogP contribution in [0, 0.1) is 24.0 Å². The Bertz CT molecular complexity index is 643. The Morgan fingerprint density at radius 3 is 2.65 bits per heavy atom. The van der Waals surface area contributed by atoms with Crippen LogP contribution >= 0.6 is 11.6 Å². The first kappa shape index (κ1) is 14.1. The van der Waals surface area contributed by atoms with E-state index in [9.17, 15) is 10.1 Å². The molecule has 104 valence electrons. The zero-order valence-electron chi connectivity index (χ0n) is 10.8. The Morgan fingerprint density at radius 2 is 2.00 bits per heavy atom. The largest absolute Gasteiger partial charge is 0.477 e. The molecule has 7 nitrogen and oxygen atoms in total. The first-order valence-electron chi connectivity index (χ1n) is 5.70. The first-order chi connectivity index (χ1) is 9.45. The average Bonchev–Trinajstić information content (AvgIpc) is 2.36. The zero-order valence-corrected chi connectivity index (χ0v) is 11.6. The second-order valence-electron chi connectivity index (χ2n) is 4.07. The third-order valence-corrected chi connectivity index (χ3v) is 2.57. The van der Waals surface area contributed by atoms with Gasteiger partial charge in [-0.15, -0.1) is 0 Å². The number of halogens is 1. The molecule has 0 unspecified atom stereocenters. The molecular formula is C12H11ClN4O3. The Morgan fingerprint density at radius 1 is 1.25 bits per heavy atom. The minimum atomic E-state index is -0.591. The lowest BCUT2D eigenvalue weighted by atomic mass is 10.3. The fourth-order valence-corrected chi connectivity index (χ4v) is 1.82. The molecule has 0 aliphatic carbocycles. The third-order valence-electron chi connectivity index (χ3n) is 2.38. The van der Waals surface area contributed by atoms with E-state index in [4.69, 9.17) is 16.3 Å². The van der Waals surface area contributed by atoms with E-state index in [0.29, 0.717) is 22.4 Å². The zero-order chi connectivity index (χ0) is 14.7. The van der Waals surface area contributed by atoms with Gasteiger partial charge in [0.15, 0.2) is 5.82 Å². The Balaban J connectivity index is 2.20. The molecule has 0 N–H and O–H groups in total. The van der Waals surface area contributed by atoms with Crippen LogP contribution in [0.15, 0.2) is 18.2 Å². The predicted molar refractivity (Wildman–Crippen MR) is 71.7 cm³/mol. The quantitative estimate of drug-likeness (QED) is 0.489. The van der Waals surface area contributed by atoms with Crippen molar-refractivity contribution in [1.82, 2.24) is 15.0 Å². The summed E-state index contributed by atoms with van der Waals surface area (Å²) in [6.07, 6.45) is 0. The number of aromatic nitrogens is 3. The number of ether oxygens (including phenoxy) is 1. The fraction of sp³-hybridized carbons (Fsp3) is 0.250. The van der Waals surface area contributed by atoms with Crippen molar-refractivity contribution in [2.45, 2.75) is 20.5 Å². The van der Waals surface area contributed by atoms with Gasteiger partial charge in [-0.25, -0.2) is 9.97 Å². The van der Waals surface area contributed by atoms with Crippen molar-refractivity contribution in [1.29, 1.82) is 0 Å². The molecule has 0 bridgehead atoms. The molecule has 0 radical (unpaired) electrons. The smallest absolute Gasteiger partial charge is 0.406 e. The first-order valence-corrected chi connectivity index (χ1v) is 6.08. The molecule has 0 aliphatic heterocycles. The number of rotatable bonds is 4. The van der Waals surface area contributed by atoms with Crippen molar-refractivity contribution < 1.29 is 9.66 Å². The van der Waals surface area contributed by atoms with E-state index in [1.165, 1.54) is 6.07 Å². The van der Waals surface area contributed by atoms with Crippen LogP contribution in [0.25, 0.3) is 0 Å². The van der Waals surface area contributed by atoms with Crippen LogP contribution in [0.5, 0.6) is 5.75 Å². The molecule has 0 fully saturated rings. The summed E-state index contributed by atoms with van der Waals surface area (Å²) in [5.74, 6) is 0.0930. The highest BCUT2D eigenvalue weighted by Crippen LogP contribution is 2.25. The molecule has 8 heteroatoms. The minimum absolute atomic E-state index is 0.0209. The van der Waals surface area contributed by atoms with Gasteiger partial charge in [-0.3, -0.25) is 0 Å². The summed E-state index contributed by atoms with van der Waals surface area (Å²) < 4.78 is 5.36. The van der Waals surface area contributed by atoms with Gasteiger partial charge in [0.2, 0.25) is 5.75 Å². The molecule has 2 aromatic rings. The van der Waals surface area contributed by atoms with Crippen LogP contribution in [-0.2, 0) is 6.61 Å². The standard InChI is InChI=1S/C12H11ClN4O3/c1-7-3-4-9(12(15-7)17(18)19)20-6-11-14-8(2)5-10(13)16-11/h3-5H,6H2,1-2H3. The molecule has 0 spiro atoms. The van der Waals surface area contributed by atoms with Gasteiger partial charge in [-0.2, -0.15) is 0 Å². The summed E-state index contributed by atoms with van der Waals surface area (Å²) in [6, 6.07) is 4.74. The monoisotopic (exact) mass is 294 g/mol. The van der Waals surface area contributed by atoms with E-state index in [-0.39, 0.29) is 18.2 Å². The highest BCUT2D eigenvalue weighted by atomic mass is 35.5. The van der Waals surface area contributed by atoms with Crippen LogP contribution in [0.4, 0.5) is 5.82 Å². The van der Waals surface area contributed by atoms with E-state index in [0.717, 1.165) is 0 Å². The molecule has 2 aromatic heterocycles. The van der Waals surface area contributed by atoms with E-state index in [2.05, 4.69) is 15.0 Å². The number of aryl methyl sites for hydroxylation is 2. The number of hydrogen-bond acceptors (Lipinski definition) is 6. The van der Waals surface area contributed by atoms with Crippen molar-refractivity contribution >= 4 is 17.4 Å². The van der Waals surface area contributed by atoms with Crippen LogP contribution in [-0.4, -0.2) is 19.9 Å². The van der Waals surface area contributed by atoms with E-state index in [1.54, 1.807) is 26.0 Å². The molecule has 2 rings (SSSR count). The molecule has 2 heterocycles. The molecule has 0 saturated carbocycles.